The number of nitrogens with zero attached hydrogens (tertiary/aromatic N) is 1. The van der Waals surface area contributed by atoms with Crippen LogP contribution in [-0.2, 0) is 11.2 Å². The number of benzene rings is 2. The SMILES string of the molecule is N#Cc1ccccc1OCC(=O)Cc1ccccc1. The van der Waals surface area contributed by atoms with E-state index in [-0.39, 0.29) is 12.4 Å². The molecule has 2 aromatic rings. The molecule has 0 aliphatic carbocycles. The van der Waals surface area contributed by atoms with Crippen LogP contribution in [0.3, 0.4) is 0 Å². The molecular weight excluding hydrogens is 238 g/mol. The van der Waals surface area contributed by atoms with Crippen LogP contribution in [0.1, 0.15) is 11.1 Å². The summed E-state index contributed by atoms with van der Waals surface area (Å²) >= 11 is 0. The van der Waals surface area contributed by atoms with Crippen LogP contribution in [0.4, 0.5) is 0 Å². The molecule has 0 amide bonds. The number of hydrogen-bond acceptors (Lipinski definition) is 3. The summed E-state index contributed by atoms with van der Waals surface area (Å²) in [5, 5.41) is 8.90. The van der Waals surface area contributed by atoms with Crippen LogP contribution in [0, 0.1) is 11.3 Å². The maximum Gasteiger partial charge on any atom is 0.174 e. The van der Waals surface area contributed by atoms with Crippen LogP contribution in [-0.4, -0.2) is 12.4 Å². The first-order chi connectivity index (χ1) is 9.29. The van der Waals surface area contributed by atoms with Crippen LogP contribution >= 0.6 is 0 Å². The van der Waals surface area contributed by atoms with E-state index in [1.807, 2.05) is 36.4 Å². The second-order valence-electron chi connectivity index (χ2n) is 4.10. The maximum absolute atomic E-state index is 11.8. The molecule has 0 aliphatic rings. The normalized spacial score (nSPS) is 9.63. The summed E-state index contributed by atoms with van der Waals surface area (Å²) < 4.78 is 5.39. The number of carbonyl (C=O) groups is 1. The van der Waals surface area contributed by atoms with Crippen molar-refractivity contribution in [2.75, 3.05) is 6.61 Å². The topological polar surface area (TPSA) is 50.1 Å². The molecule has 19 heavy (non-hydrogen) atoms. The fourth-order valence-corrected chi connectivity index (χ4v) is 1.72. The van der Waals surface area contributed by atoms with Gasteiger partial charge in [-0.2, -0.15) is 5.26 Å². The number of para-hydroxylation sites is 1. The zero-order valence-electron chi connectivity index (χ0n) is 10.4. The highest BCUT2D eigenvalue weighted by Crippen LogP contribution is 2.16. The fraction of sp³-hybridized carbons (Fsp3) is 0.125. The minimum Gasteiger partial charge on any atom is -0.484 e. The Hall–Kier alpha value is -2.60. The van der Waals surface area contributed by atoms with E-state index in [2.05, 4.69) is 0 Å². The smallest absolute Gasteiger partial charge is 0.174 e. The molecule has 94 valence electrons. The lowest BCUT2D eigenvalue weighted by Crippen LogP contribution is -2.14. The molecule has 0 atom stereocenters. The Bertz CT molecular complexity index is 600. The van der Waals surface area contributed by atoms with Crippen molar-refractivity contribution in [2.24, 2.45) is 0 Å². The van der Waals surface area contributed by atoms with Gasteiger partial charge in [-0.05, 0) is 17.7 Å². The Morgan fingerprint density at radius 3 is 2.47 bits per heavy atom. The summed E-state index contributed by atoms with van der Waals surface area (Å²) in [7, 11) is 0. The number of Topliss-reactive ketones (excluding diaryl/α,β-unsaturated/α-hetero) is 1. The molecule has 2 aromatic carbocycles. The summed E-state index contributed by atoms with van der Waals surface area (Å²) in [5.41, 5.74) is 1.40. The van der Waals surface area contributed by atoms with Gasteiger partial charge in [0.25, 0.3) is 0 Å². The molecule has 0 N–H and O–H groups in total. The van der Waals surface area contributed by atoms with Crippen molar-refractivity contribution < 1.29 is 9.53 Å². The first kappa shape index (κ1) is 12.8. The van der Waals surface area contributed by atoms with Crippen molar-refractivity contribution in [3.05, 3.63) is 65.7 Å². The highest BCUT2D eigenvalue weighted by Gasteiger charge is 2.07. The summed E-state index contributed by atoms with van der Waals surface area (Å²) in [6.45, 7) is -0.0203. The summed E-state index contributed by atoms with van der Waals surface area (Å²) in [4.78, 5) is 11.8. The Kier molecular flexibility index (Phi) is 4.30. The lowest BCUT2D eigenvalue weighted by molar-refractivity contribution is -0.120. The number of nitriles is 1. The van der Waals surface area contributed by atoms with Crippen LogP contribution in [0.15, 0.2) is 54.6 Å². The standard InChI is InChI=1S/C16H13NO2/c17-11-14-8-4-5-9-16(14)19-12-15(18)10-13-6-2-1-3-7-13/h1-9H,10,12H2. The third kappa shape index (κ3) is 3.68. The monoisotopic (exact) mass is 251 g/mol. The van der Waals surface area contributed by atoms with E-state index < -0.39 is 0 Å². The van der Waals surface area contributed by atoms with Gasteiger partial charge in [-0.1, -0.05) is 42.5 Å². The van der Waals surface area contributed by atoms with Crippen LogP contribution in [0.5, 0.6) is 5.75 Å². The first-order valence-electron chi connectivity index (χ1n) is 5.97. The Balaban J connectivity index is 1.92. The molecule has 0 saturated heterocycles. The number of hydrogen-bond donors (Lipinski definition) is 0. The molecule has 0 fully saturated rings. The molecular formula is C16H13NO2. The minimum atomic E-state index is -0.0203. The zero-order valence-corrected chi connectivity index (χ0v) is 10.4. The molecule has 0 radical (unpaired) electrons. The molecule has 2 rings (SSSR count). The van der Waals surface area contributed by atoms with Crippen molar-refractivity contribution in [2.45, 2.75) is 6.42 Å². The van der Waals surface area contributed by atoms with Gasteiger partial charge >= 0.3 is 0 Å². The van der Waals surface area contributed by atoms with Crippen molar-refractivity contribution >= 4 is 5.78 Å². The Labute approximate surface area is 112 Å². The third-order valence-corrected chi connectivity index (χ3v) is 2.64. The molecule has 0 unspecified atom stereocenters. The van der Waals surface area contributed by atoms with Gasteiger partial charge < -0.3 is 4.74 Å². The second kappa shape index (κ2) is 6.36. The van der Waals surface area contributed by atoms with Crippen LogP contribution in [0.2, 0.25) is 0 Å². The van der Waals surface area contributed by atoms with Gasteiger partial charge in [0.2, 0.25) is 0 Å². The van der Waals surface area contributed by atoms with Gasteiger partial charge in [0.15, 0.2) is 5.78 Å². The Morgan fingerprint density at radius 1 is 1.05 bits per heavy atom. The zero-order chi connectivity index (χ0) is 13.5. The van der Waals surface area contributed by atoms with E-state index in [0.29, 0.717) is 17.7 Å². The second-order valence-corrected chi connectivity index (χ2v) is 4.10. The average Bonchev–Trinajstić information content (AvgIpc) is 2.46. The molecule has 0 bridgehead atoms. The van der Waals surface area contributed by atoms with Crippen molar-refractivity contribution in [3.8, 4) is 11.8 Å². The first-order valence-corrected chi connectivity index (χ1v) is 5.97. The largest absolute Gasteiger partial charge is 0.484 e. The number of carbonyl (C=O) groups excluding carboxylic acids is 1. The average molecular weight is 251 g/mol. The van der Waals surface area contributed by atoms with Crippen LogP contribution in [0.25, 0.3) is 0 Å². The number of ether oxygens (including phenoxy) is 1. The van der Waals surface area contributed by atoms with Gasteiger partial charge in [0.1, 0.15) is 18.4 Å². The summed E-state index contributed by atoms with van der Waals surface area (Å²) in [6.07, 6.45) is 0.343. The Morgan fingerprint density at radius 2 is 1.74 bits per heavy atom. The maximum atomic E-state index is 11.8. The molecule has 3 nitrogen and oxygen atoms in total. The van der Waals surface area contributed by atoms with E-state index in [1.165, 1.54) is 0 Å². The third-order valence-electron chi connectivity index (χ3n) is 2.64. The van der Waals surface area contributed by atoms with Gasteiger partial charge in [-0.25, -0.2) is 0 Å². The van der Waals surface area contributed by atoms with E-state index in [9.17, 15) is 4.79 Å². The minimum absolute atomic E-state index is 0.0149. The lowest BCUT2D eigenvalue weighted by atomic mass is 10.1. The number of ketones is 1. The van der Waals surface area contributed by atoms with Gasteiger partial charge in [0.05, 0.1) is 5.56 Å². The predicted molar refractivity (Wildman–Crippen MR) is 71.8 cm³/mol. The summed E-state index contributed by atoms with van der Waals surface area (Å²) in [6, 6.07) is 18.4. The van der Waals surface area contributed by atoms with Crippen molar-refractivity contribution in [1.82, 2.24) is 0 Å². The predicted octanol–water partition coefficient (Wildman–Crippen LogP) is 2.75. The van der Waals surface area contributed by atoms with Crippen molar-refractivity contribution in [1.29, 1.82) is 5.26 Å². The lowest BCUT2D eigenvalue weighted by Gasteiger charge is -2.06. The van der Waals surface area contributed by atoms with Crippen LogP contribution < -0.4 is 4.74 Å². The van der Waals surface area contributed by atoms with Gasteiger partial charge in [0, 0.05) is 6.42 Å². The van der Waals surface area contributed by atoms with E-state index in [4.69, 9.17) is 10.00 Å². The fourth-order valence-electron chi connectivity index (χ4n) is 1.72. The van der Waals surface area contributed by atoms with E-state index >= 15 is 0 Å². The van der Waals surface area contributed by atoms with E-state index in [0.717, 1.165) is 5.56 Å². The van der Waals surface area contributed by atoms with Gasteiger partial charge in [-0.3, -0.25) is 4.79 Å². The molecule has 0 spiro atoms. The molecule has 0 aromatic heterocycles. The molecule has 3 heteroatoms. The molecule has 0 heterocycles. The van der Waals surface area contributed by atoms with Gasteiger partial charge in [-0.15, -0.1) is 0 Å². The highest BCUT2D eigenvalue weighted by molar-refractivity contribution is 5.82. The quantitative estimate of drug-likeness (QED) is 0.821. The van der Waals surface area contributed by atoms with E-state index in [1.54, 1.807) is 24.3 Å². The molecule has 0 saturated carbocycles. The van der Waals surface area contributed by atoms with Crippen molar-refractivity contribution in [3.63, 3.8) is 0 Å². The molecule has 0 aliphatic heterocycles. The highest BCUT2D eigenvalue weighted by atomic mass is 16.5. The number of rotatable bonds is 5. The summed E-state index contributed by atoms with van der Waals surface area (Å²) in [5.74, 6) is 0.436.